The Bertz CT molecular complexity index is 430. The Morgan fingerprint density at radius 1 is 1.19 bits per heavy atom. The van der Waals surface area contributed by atoms with E-state index in [-0.39, 0.29) is 0 Å². The van der Waals surface area contributed by atoms with Crippen molar-refractivity contribution in [1.82, 2.24) is 4.90 Å². The van der Waals surface area contributed by atoms with E-state index in [0.29, 0.717) is 18.9 Å². The molecule has 16 heavy (non-hydrogen) atoms. The maximum absolute atomic E-state index is 5.43. The number of likely N-dealkylation sites (N-methyl/N-ethyl adjacent to an activating group) is 1. The Balaban J connectivity index is 2.09. The van der Waals surface area contributed by atoms with Crippen molar-refractivity contribution in [3.63, 3.8) is 0 Å². The predicted molar refractivity (Wildman–Crippen MR) is 61.9 cm³/mol. The van der Waals surface area contributed by atoms with E-state index < -0.39 is 0 Å². The first kappa shape index (κ1) is 9.97. The Labute approximate surface area is 96.0 Å². The summed E-state index contributed by atoms with van der Waals surface area (Å²) in [4.78, 5) is 2.41. The highest BCUT2D eigenvalue weighted by molar-refractivity contribution is 5.50. The molecule has 2 aliphatic heterocycles. The van der Waals surface area contributed by atoms with E-state index in [0.717, 1.165) is 17.9 Å². The van der Waals surface area contributed by atoms with Crippen LogP contribution < -0.4 is 9.47 Å². The molecule has 0 radical (unpaired) electrons. The summed E-state index contributed by atoms with van der Waals surface area (Å²) in [6, 6.07) is 5.33. The van der Waals surface area contributed by atoms with Crippen LogP contribution in [-0.4, -0.2) is 24.8 Å². The molecule has 0 N–H and O–H groups in total. The van der Waals surface area contributed by atoms with Crippen molar-refractivity contribution in [2.45, 2.75) is 32.4 Å². The molecule has 0 fully saturated rings. The van der Waals surface area contributed by atoms with E-state index in [4.69, 9.17) is 9.47 Å². The van der Waals surface area contributed by atoms with Gasteiger partial charge in [0, 0.05) is 12.1 Å². The molecule has 1 aromatic rings. The molecule has 3 nitrogen and oxygen atoms in total. The highest BCUT2D eigenvalue weighted by Gasteiger charge is 2.29. The van der Waals surface area contributed by atoms with Crippen molar-refractivity contribution in [3.8, 4) is 11.5 Å². The van der Waals surface area contributed by atoms with Crippen LogP contribution in [0.4, 0.5) is 0 Å². The first-order valence-corrected chi connectivity index (χ1v) is 5.81. The molecule has 0 amide bonds. The molecule has 2 heterocycles. The van der Waals surface area contributed by atoms with Gasteiger partial charge in [-0.15, -0.1) is 0 Å². The SMILES string of the molecule is C[C@H]1Cc2cc3c(cc2[C@H](C)N1C)OCO3. The maximum Gasteiger partial charge on any atom is 0.231 e. The molecule has 3 heteroatoms. The molecule has 0 saturated carbocycles. The molecule has 2 aliphatic rings. The van der Waals surface area contributed by atoms with E-state index in [9.17, 15) is 0 Å². The lowest BCUT2D eigenvalue weighted by Gasteiger charge is -2.37. The summed E-state index contributed by atoms with van der Waals surface area (Å²) in [6.07, 6.45) is 1.09. The Morgan fingerprint density at radius 3 is 2.62 bits per heavy atom. The number of rotatable bonds is 0. The van der Waals surface area contributed by atoms with E-state index in [1.807, 2.05) is 0 Å². The fraction of sp³-hybridized carbons (Fsp3) is 0.538. The van der Waals surface area contributed by atoms with Crippen LogP contribution in [0.2, 0.25) is 0 Å². The highest BCUT2D eigenvalue weighted by Crippen LogP contribution is 2.40. The number of hydrogen-bond donors (Lipinski definition) is 0. The van der Waals surface area contributed by atoms with Crippen molar-refractivity contribution >= 4 is 0 Å². The van der Waals surface area contributed by atoms with E-state index in [1.54, 1.807) is 0 Å². The van der Waals surface area contributed by atoms with Crippen LogP contribution >= 0.6 is 0 Å². The van der Waals surface area contributed by atoms with Crippen LogP contribution in [-0.2, 0) is 6.42 Å². The van der Waals surface area contributed by atoms with E-state index in [2.05, 4.69) is 37.9 Å². The quantitative estimate of drug-likeness (QED) is 0.668. The first-order chi connectivity index (χ1) is 7.66. The second kappa shape index (κ2) is 3.39. The van der Waals surface area contributed by atoms with Gasteiger partial charge in [-0.1, -0.05) is 0 Å². The van der Waals surface area contributed by atoms with Gasteiger partial charge in [0.05, 0.1) is 0 Å². The van der Waals surface area contributed by atoms with Gasteiger partial charge >= 0.3 is 0 Å². The van der Waals surface area contributed by atoms with Gasteiger partial charge in [0.1, 0.15) is 0 Å². The van der Waals surface area contributed by atoms with Crippen LogP contribution in [0.5, 0.6) is 11.5 Å². The largest absolute Gasteiger partial charge is 0.454 e. The Hall–Kier alpha value is -1.22. The van der Waals surface area contributed by atoms with Crippen molar-refractivity contribution in [2.75, 3.05) is 13.8 Å². The van der Waals surface area contributed by atoms with Crippen LogP contribution in [0, 0.1) is 0 Å². The number of benzene rings is 1. The molecule has 0 bridgehead atoms. The average molecular weight is 219 g/mol. The molecule has 1 aromatic carbocycles. The number of ether oxygens (including phenoxy) is 2. The Kier molecular flexibility index (Phi) is 2.11. The number of fused-ring (bicyclic) bond motifs is 2. The van der Waals surface area contributed by atoms with E-state index >= 15 is 0 Å². The molecule has 0 aliphatic carbocycles. The first-order valence-electron chi connectivity index (χ1n) is 5.81. The van der Waals surface area contributed by atoms with Gasteiger partial charge in [-0.2, -0.15) is 0 Å². The zero-order valence-corrected chi connectivity index (χ0v) is 9.99. The van der Waals surface area contributed by atoms with Crippen molar-refractivity contribution in [3.05, 3.63) is 23.3 Å². The van der Waals surface area contributed by atoms with Crippen LogP contribution in [0.25, 0.3) is 0 Å². The fourth-order valence-electron chi connectivity index (χ4n) is 2.63. The molecular weight excluding hydrogens is 202 g/mol. The third kappa shape index (κ3) is 1.31. The molecule has 0 spiro atoms. The summed E-state index contributed by atoms with van der Waals surface area (Å²) >= 11 is 0. The zero-order chi connectivity index (χ0) is 11.3. The van der Waals surface area contributed by atoms with Gasteiger partial charge in [0.25, 0.3) is 0 Å². The third-order valence-corrected chi connectivity index (χ3v) is 3.91. The summed E-state index contributed by atoms with van der Waals surface area (Å²) in [7, 11) is 2.18. The maximum atomic E-state index is 5.43. The van der Waals surface area contributed by atoms with Crippen molar-refractivity contribution in [2.24, 2.45) is 0 Å². The van der Waals surface area contributed by atoms with Crippen LogP contribution in [0.3, 0.4) is 0 Å². The fourth-order valence-corrected chi connectivity index (χ4v) is 2.63. The van der Waals surface area contributed by atoms with Crippen LogP contribution in [0.1, 0.15) is 31.0 Å². The van der Waals surface area contributed by atoms with Gasteiger partial charge in [-0.3, -0.25) is 4.90 Å². The van der Waals surface area contributed by atoms with Crippen molar-refractivity contribution < 1.29 is 9.47 Å². The second-order valence-electron chi connectivity index (χ2n) is 4.80. The minimum absolute atomic E-state index is 0.359. The van der Waals surface area contributed by atoms with Crippen molar-refractivity contribution in [1.29, 1.82) is 0 Å². The molecule has 86 valence electrons. The lowest BCUT2D eigenvalue weighted by atomic mass is 9.89. The van der Waals surface area contributed by atoms with Gasteiger partial charge in [0.15, 0.2) is 11.5 Å². The minimum Gasteiger partial charge on any atom is -0.454 e. The standard InChI is InChI=1S/C13H17NO2/c1-8-4-10-5-12-13(16-7-15-12)6-11(10)9(2)14(8)3/h5-6,8-9H,4,7H2,1-3H3/t8-,9-/m0/s1. The normalized spacial score (nSPS) is 27.9. The van der Waals surface area contributed by atoms with Gasteiger partial charge in [-0.05, 0) is 50.6 Å². The van der Waals surface area contributed by atoms with Gasteiger partial charge in [-0.25, -0.2) is 0 Å². The van der Waals surface area contributed by atoms with Gasteiger partial charge < -0.3 is 9.47 Å². The molecule has 0 unspecified atom stereocenters. The minimum atomic E-state index is 0.359. The predicted octanol–water partition coefficient (Wildman–Crippen LogP) is 2.35. The molecular formula is C13H17NO2. The molecule has 0 saturated heterocycles. The highest BCUT2D eigenvalue weighted by atomic mass is 16.7. The second-order valence-corrected chi connectivity index (χ2v) is 4.80. The molecule has 0 aromatic heterocycles. The summed E-state index contributed by atoms with van der Waals surface area (Å²) in [5.74, 6) is 1.80. The summed E-state index contributed by atoms with van der Waals surface area (Å²) < 4.78 is 10.9. The van der Waals surface area contributed by atoms with Gasteiger partial charge in [0.2, 0.25) is 6.79 Å². The summed E-state index contributed by atoms with van der Waals surface area (Å²) in [5.41, 5.74) is 2.78. The summed E-state index contributed by atoms with van der Waals surface area (Å²) in [6.45, 7) is 4.87. The lowest BCUT2D eigenvalue weighted by Crippen LogP contribution is -2.37. The average Bonchev–Trinajstić information content (AvgIpc) is 2.71. The molecule has 3 rings (SSSR count). The number of nitrogens with zero attached hydrogens (tertiary/aromatic N) is 1. The Morgan fingerprint density at radius 2 is 1.88 bits per heavy atom. The monoisotopic (exact) mass is 219 g/mol. The summed E-state index contributed by atoms with van der Waals surface area (Å²) in [5, 5.41) is 0. The zero-order valence-electron chi connectivity index (χ0n) is 9.99. The topological polar surface area (TPSA) is 21.7 Å². The van der Waals surface area contributed by atoms with Crippen LogP contribution in [0.15, 0.2) is 12.1 Å². The smallest absolute Gasteiger partial charge is 0.231 e. The van der Waals surface area contributed by atoms with E-state index in [1.165, 1.54) is 11.1 Å². The number of hydrogen-bond acceptors (Lipinski definition) is 3. The molecule has 2 atom stereocenters. The lowest BCUT2D eigenvalue weighted by molar-refractivity contribution is 0.173. The third-order valence-electron chi connectivity index (χ3n) is 3.91.